The minimum absolute atomic E-state index is 0.531. The molecule has 3 heteroatoms. The molecule has 9 heavy (non-hydrogen) atoms. The Balaban J connectivity index is 3.33. The second-order valence-electron chi connectivity index (χ2n) is 1.88. The highest BCUT2D eigenvalue weighted by atomic mass is 32.1. The Bertz CT molecular complexity index is 241. The van der Waals surface area contributed by atoms with E-state index in [2.05, 4.69) is 16.0 Å². The van der Waals surface area contributed by atoms with Gasteiger partial charge in [0.05, 0.1) is 5.69 Å². The number of H-pyrrole nitrogens is 1. The zero-order valence-electron chi connectivity index (χ0n) is 5.36. The summed E-state index contributed by atoms with van der Waals surface area (Å²) in [5, 5.41) is 0. The van der Waals surface area contributed by atoms with Crippen LogP contribution in [0, 0.1) is 24.7 Å². The third-order valence-corrected chi connectivity index (χ3v) is 1.13. The van der Waals surface area contributed by atoms with Gasteiger partial charge in [0, 0.05) is 11.8 Å². The Hall–Kier alpha value is -0.700. The molecule has 0 aliphatic heterocycles. The van der Waals surface area contributed by atoms with Gasteiger partial charge in [-0.2, -0.15) is 0 Å². The van der Waals surface area contributed by atoms with Crippen LogP contribution in [-0.2, 0) is 0 Å². The second kappa shape index (κ2) is 2.27. The molecule has 1 radical (unpaired) electrons. The van der Waals surface area contributed by atoms with Gasteiger partial charge < -0.3 is 4.98 Å². The zero-order valence-corrected chi connectivity index (χ0v) is 6.17. The molecular formula is C6H7N2S. The van der Waals surface area contributed by atoms with Gasteiger partial charge >= 0.3 is 0 Å². The van der Waals surface area contributed by atoms with Crippen LogP contribution in [0.15, 0.2) is 0 Å². The van der Waals surface area contributed by atoms with Gasteiger partial charge in [-0.3, -0.25) is 0 Å². The van der Waals surface area contributed by atoms with E-state index in [0.29, 0.717) is 4.77 Å². The molecule has 0 aromatic carbocycles. The maximum absolute atomic E-state index is 4.80. The number of hydrogen-bond acceptors (Lipinski definition) is 2. The standard InChI is InChI=1S/C6H7N2S/c1-4-3-5(2)8-6(9)7-4/h1-2H3,(H,7,8,9). The highest BCUT2D eigenvalue weighted by Crippen LogP contribution is 1.92. The van der Waals surface area contributed by atoms with E-state index in [1.165, 1.54) is 0 Å². The molecule has 0 amide bonds. The van der Waals surface area contributed by atoms with E-state index >= 15 is 0 Å². The predicted octanol–water partition coefficient (Wildman–Crippen LogP) is 1.56. The van der Waals surface area contributed by atoms with Crippen molar-refractivity contribution >= 4 is 12.2 Å². The third-order valence-electron chi connectivity index (χ3n) is 0.932. The number of nitrogens with one attached hydrogen (secondary N) is 1. The van der Waals surface area contributed by atoms with E-state index in [9.17, 15) is 0 Å². The molecule has 0 saturated carbocycles. The Morgan fingerprint density at radius 2 is 2.22 bits per heavy atom. The molecule has 1 aromatic rings. The predicted molar refractivity (Wildman–Crippen MR) is 37.7 cm³/mol. The minimum atomic E-state index is 0.531. The number of rotatable bonds is 0. The van der Waals surface area contributed by atoms with E-state index in [1.807, 2.05) is 13.8 Å². The lowest BCUT2D eigenvalue weighted by atomic mass is 10.4. The van der Waals surface area contributed by atoms with Gasteiger partial charge in [0.1, 0.15) is 0 Å². The van der Waals surface area contributed by atoms with Crippen LogP contribution in [0.3, 0.4) is 0 Å². The van der Waals surface area contributed by atoms with Crippen molar-refractivity contribution < 1.29 is 0 Å². The lowest BCUT2D eigenvalue weighted by Gasteiger charge is -1.91. The first-order chi connectivity index (χ1) is 4.18. The van der Waals surface area contributed by atoms with Crippen LogP contribution in [0.2, 0.25) is 0 Å². The van der Waals surface area contributed by atoms with E-state index < -0.39 is 0 Å². The van der Waals surface area contributed by atoms with Gasteiger partial charge in [-0.15, -0.1) is 0 Å². The van der Waals surface area contributed by atoms with Gasteiger partial charge in [-0.05, 0) is 26.1 Å². The average molecular weight is 139 g/mol. The number of aromatic amines is 1. The fourth-order valence-electron chi connectivity index (χ4n) is 0.671. The van der Waals surface area contributed by atoms with Gasteiger partial charge in [-0.25, -0.2) is 4.98 Å². The summed E-state index contributed by atoms with van der Waals surface area (Å²) in [6, 6.07) is 2.98. The monoisotopic (exact) mass is 139 g/mol. The second-order valence-corrected chi connectivity index (χ2v) is 2.26. The third kappa shape index (κ3) is 1.61. The molecule has 0 atom stereocenters. The van der Waals surface area contributed by atoms with Crippen LogP contribution in [0.25, 0.3) is 0 Å². The fourth-order valence-corrected chi connectivity index (χ4v) is 0.961. The molecule has 0 fully saturated rings. The lowest BCUT2D eigenvalue weighted by molar-refractivity contribution is 1.02. The highest BCUT2D eigenvalue weighted by Gasteiger charge is 1.86. The molecule has 47 valence electrons. The van der Waals surface area contributed by atoms with Crippen molar-refractivity contribution in [3.8, 4) is 0 Å². The summed E-state index contributed by atoms with van der Waals surface area (Å²) < 4.78 is 0.531. The van der Waals surface area contributed by atoms with Crippen LogP contribution in [0.5, 0.6) is 0 Å². The van der Waals surface area contributed by atoms with Gasteiger partial charge in [-0.1, -0.05) is 0 Å². The first-order valence-electron chi connectivity index (χ1n) is 2.65. The molecule has 1 heterocycles. The number of aryl methyl sites for hydroxylation is 2. The van der Waals surface area contributed by atoms with Gasteiger partial charge in [0.25, 0.3) is 0 Å². The van der Waals surface area contributed by atoms with E-state index in [0.717, 1.165) is 11.4 Å². The van der Waals surface area contributed by atoms with Crippen LogP contribution in [-0.4, -0.2) is 9.97 Å². The molecule has 1 N–H and O–H groups in total. The minimum Gasteiger partial charge on any atom is -0.334 e. The van der Waals surface area contributed by atoms with Crippen molar-refractivity contribution in [1.82, 2.24) is 9.97 Å². The van der Waals surface area contributed by atoms with Crippen molar-refractivity contribution in [2.75, 3.05) is 0 Å². The Morgan fingerprint density at radius 3 is 2.67 bits per heavy atom. The maximum Gasteiger partial charge on any atom is 0.197 e. The van der Waals surface area contributed by atoms with Crippen LogP contribution >= 0.6 is 12.2 Å². The van der Waals surface area contributed by atoms with Crippen LogP contribution < -0.4 is 0 Å². The molecule has 2 nitrogen and oxygen atoms in total. The Kier molecular flexibility index (Phi) is 1.62. The van der Waals surface area contributed by atoms with Crippen molar-refractivity contribution in [1.29, 1.82) is 0 Å². The molecule has 0 bridgehead atoms. The molecule has 0 spiro atoms. The quantitative estimate of drug-likeness (QED) is 0.552. The molecule has 1 rings (SSSR count). The summed E-state index contributed by atoms with van der Waals surface area (Å²) in [6.07, 6.45) is 0. The van der Waals surface area contributed by atoms with E-state index in [1.54, 1.807) is 0 Å². The van der Waals surface area contributed by atoms with Crippen molar-refractivity contribution in [3.63, 3.8) is 0 Å². The summed E-state index contributed by atoms with van der Waals surface area (Å²) in [7, 11) is 0. The summed E-state index contributed by atoms with van der Waals surface area (Å²) in [5.74, 6) is 0. The topological polar surface area (TPSA) is 28.7 Å². The summed E-state index contributed by atoms with van der Waals surface area (Å²) in [6.45, 7) is 3.78. The van der Waals surface area contributed by atoms with E-state index in [4.69, 9.17) is 12.2 Å². The first-order valence-corrected chi connectivity index (χ1v) is 3.06. The maximum atomic E-state index is 4.80. The lowest BCUT2D eigenvalue weighted by Crippen LogP contribution is -1.88. The zero-order chi connectivity index (χ0) is 6.85. The van der Waals surface area contributed by atoms with Crippen LogP contribution in [0.4, 0.5) is 0 Å². The summed E-state index contributed by atoms with van der Waals surface area (Å²) in [4.78, 5) is 6.80. The van der Waals surface area contributed by atoms with E-state index in [-0.39, 0.29) is 0 Å². The van der Waals surface area contributed by atoms with Crippen molar-refractivity contribution in [2.24, 2.45) is 0 Å². The Labute approximate surface area is 59.0 Å². The van der Waals surface area contributed by atoms with Crippen molar-refractivity contribution in [2.45, 2.75) is 13.8 Å². The normalized spacial score (nSPS) is 9.56. The number of hydrogen-bond donors (Lipinski definition) is 1. The highest BCUT2D eigenvalue weighted by molar-refractivity contribution is 7.71. The summed E-state index contributed by atoms with van der Waals surface area (Å²) in [5.41, 5.74) is 1.78. The van der Waals surface area contributed by atoms with Gasteiger partial charge in [0.2, 0.25) is 0 Å². The molecule has 0 unspecified atom stereocenters. The molecule has 0 aliphatic rings. The molecule has 0 saturated heterocycles. The molecule has 1 aromatic heterocycles. The molecular weight excluding hydrogens is 132 g/mol. The first kappa shape index (κ1) is 6.42. The summed E-state index contributed by atoms with van der Waals surface area (Å²) >= 11 is 4.80. The SMILES string of the molecule is Cc1[c]c(C)[nH]c(=S)n1. The fraction of sp³-hybridized carbons (Fsp3) is 0.333. The average Bonchev–Trinajstić information content (AvgIpc) is 1.59. The number of aromatic nitrogens is 2. The van der Waals surface area contributed by atoms with Crippen LogP contribution in [0.1, 0.15) is 11.4 Å². The Morgan fingerprint density at radius 1 is 1.56 bits per heavy atom. The smallest absolute Gasteiger partial charge is 0.197 e. The molecule has 0 aliphatic carbocycles. The largest absolute Gasteiger partial charge is 0.334 e. The van der Waals surface area contributed by atoms with Crippen molar-refractivity contribution in [3.05, 3.63) is 22.2 Å². The van der Waals surface area contributed by atoms with Gasteiger partial charge in [0.15, 0.2) is 4.77 Å². The number of nitrogens with zero attached hydrogens (tertiary/aromatic N) is 1.